The van der Waals surface area contributed by atoms with E-state index in [0.29, 0.717) is 17.0 Å². The van der Waals surface area contributed by atoms with Gasteiger partial charge >= 0.3 is 11.9 Å². The van der Waals surface area contributed by atoms with Gasteiger partial charge in [-0.05, 0) is 45.9 Å². The van der Waals surface area contributed by atoms with Crippen LogP contribution in [-0.4, -0.2) is 41.1 Å². The molecule has 7 nitrogen and oxygen atoms in total. The van der Waals surface area contributed by atoms with Gasteiger partial charge < -0.3 is 19.9 Å². The van der Waals surface area contributed by atoms with Gasteiger partial charge in [-0.3, -0.25) is 9.59 Å². The molecule has 0 amide bonds. The molecule has 0 aliphatic heterocycles. The fourth-order valence-corrected chi connectivity index (χ4v) is 2.48. The van der Waals surface area contributed by atoms with Gasteiger partial charge in [-0.25, -0.2) is 4.79 Å². The third-order valence-corrected chi connectivity index (χ3v) is 3.79. The predicted octanol–water partition coefficient (Wildman–Crippen LogP) is 3.52. The fraction of sp³-hybridized carbons (Fsp3) is 0.318. The standard InChI is InChI=1S/C22H25NO6/c1-14(21(26)27)23-18-11-10-16(28-13-19(24)29-22(2,3)4)12-17(18)20(25)15-8-6-5-7-9-15/h5-12,14,23H,13H2,1-4H3,(H,26,27)/t14-/m0/s1. The van der Waals surface area contributed by atoms with Crippen molar-refractivity contribution >= 4 is 23.4 Å². The number of nitrogens with one attached hydrogen (secondary N) is 1. The molecule has 0 radical (unpaired) electrons. The molecule has 2 rings (SSSR count). The molecular formula is C22H25NO6. The zero-order valence-corrected chi connectivity index (χ0v) is 16.9. The molecule has 0 bridgehead atoms. The van der Waals surface area contributed by atoms with Gasteiger partial charge in [0.15, 0.2) is 12.4 Å². The van der Waals surface area contributed by atoms with Crippen molar-refractivity contribution in [3.05, 3.63) is 59.7 Å². The Kier molecular flexibility index (Phi) is 6.98. The van der Waals surface area contributed by atoms with Crippen LogP contribution in [0.15, 0.2) is 48.5 Å². The van der Waals surface area contributed by atoms with Crippen molar-refractivity contribution in [1.29, 1.82) is 0 Å². The SMILES string of the molecule is C[C@H](Nc1ccc(OCC(=O)OC(C)(C)C)cc1C(=O)c1ccccc1)C(=O)O. The molecular weight excluding hydrogens is 374 g/mol. The summed E-state index contributed by atoms with van der Waals surface area (Å²) in [6, 6.07) is 12.3. The number of hydrogen-bond donors (Lipinski definition) is 2. The molecule has 0 aliphatic rings. The summed E-state index contributed by atoms with van der Waals surface area (Å²) in [5.74, 6) is -1.58. The number of hydrogen-bond acceptors (Lipinski definition) is 6. The Morgan fingerprint density at radius 3 is 2.31 bits per heavy atom. The molecule has 154 valence electrons. The van der Waals surface area contributed by atoms with Crippen molar-refractivity contribution in [1.82, 2.24) is 0 Å². The molecule has 7 heteroatoms. The van der Waals surface area contributed by atoms with Crippen LogP contribution in [-0.2, 0) is 14.3 Å². The maximum Gasteiger partial charge on any atom is 0.344 e. The number of ketones is 1. The lowest BCUT2D eigenvalue weighted by Gasteiger charge is -2.20. The van der Waals surface area contributed by atoms with E-state index in [4.69, 9.17) is 14.6 Å². The number of carbonyl (C=O) groups is 3. The lowest BCUT2D eigenvalue weighted by Crippen LogP contribution is -2.27. The molecule has 2 aromatic carbocycles. The van der Waals surface area contributed by atoms with Crippen molar-refractivity contribution in [3.8, 4) is 5.75 Å². The fourth-order valence-electron chi connectivity index (χ4n) is 2.48. The van der Waals surface area contributed by atoms with Gasteiger partial charge in [0.05, 0.1) is 0 Å². The van der Waals surface area contributed by atoms with Crippen LogP contribution in [0.3, 0.4) is 0 Å². The minimum absolute atomic E-state index is 0.242. The molecule has 0 spiro atoms. The van der Waals surface area contributed by atoms with E-state index in [-0.39, 0.29) is 18.0 Å². The second-order valence-corrected chi connectivity index (χ2v) is 7.48. The van der Waals surface area contributed by atoms with Crippen LogP contribution in [0.1, 0.15) is 43.6 Å². The zero-order chi connectivity index (χ0) is 21.6. The third-order valence-electron chi connectivity index (χ3n) is 3.79. The number of rotatable bonds is 8. The smallest absolute Gasteiger partial charge is 0.344 e. The summed E-state index contributed by atoms with van der Waals surface area (Å²) in [5.41, 5.74) is 0.419. The summed E-state index contributed by atoms with van der Waals surface area (Å²) >= 11 is 0. The van der Waals surface area contributed by atoms with E-state index in [9.17, 15) is 14.4 Å². The molecule has 0 fully saturated rings. The Morgan fingerprint density at radius 1 is 1.07 bits per heavy atom. The van der Waals surface area contributed by atoms with Crippen molar-refractivity contribution in [3.63, 3.8) is 0 Å². The van der Waals surface area contributed by atoms with Crippen LogP contribution in [0.4, 0.5) is 5.69 Å². The average molecular weight is 399 g/mol. The van der Waals surface area contributed by atoms with Gasteiger partial charge in [0.1, 0.15) is 17.4 Å². The highest BCUT2D eigenvalue weighted by molar-refractivity contribution is 6.12. The third kappa shape index (κ3) is 6.64. The van der Waals surface area contributed by atoms with Crippen LogP contribution in [0.5, 0.6) is 5.75 Å². The van der Waals surface area contributed by atoms with E-state index in [1.807, 2.05) is 0 Å². The summed E-state index contributed by atoms with van der Waals surface area (Å²) in [7, 11) is 0. The Morgan fingerprint density at radius 2 is 1.72 bits per heavy atom. The molecule has 0 saturated carbocycles. The van der Waals surface area contributed by atoms with E-state index < -0.39 is 23.6 Å². The summed E-state index contributed by atoms with van der Waals surface area (Å²) in [5, 5.41) is 12.0. The van der Waals surface area contributed by atoms with Crippen LogP contribution in [0, 0.1) is 0 Å². The minimum atomic E-state index is -1.05. The van der Waals surface area contributed by atoms with E-state index in [2.05, 4.69) is 5.32 Å². The highest BCUT2D eigenvalue weighted by Crippen LogP contribution is 2.26. The number of anilines is 1. The Balaban J connectivity index is 2.28. The predicted molar refractivity (Wildman–Crippen MR) is 108 cm³/mol. The van der Waals surface area contributed by atoms with Crippen LogP contribution >= 0.6 is 0 Å². The van der Waals surface area contributed by atoms with Crippen LogP contribution in [0.25, 0.3) is 0 Å². The van der Waals surface area contributed by atoms with Gasteiger partial charge in [-0.15, -0.1) is 0 Å². The second kappa shape index (κ2) is 9.23. The highest BCUT2D eigenvalue weighted by Gasteiger charge is 2.20. The lowest BCUT2D eigenvalue weighted by atomic mass is 10.0. The first-order valence-corrected chi connectivity index (χ1v) is 9.14. The molecule has 29 heavy (non-hydrogen) atoms. The first-order chi connectivity index (χ1) is 13.6. The van der Waals surface area contributed by atoms with Crippen molar-refractivity contribution in [2.45, 2.75) is 39.3 Å². The number of benzene rings is 2. The quantitative estimate of drug-likeness (QED) is 0.517. The Bertz CT molecular complexity index is 886. The number of carboxylic acids is 1. The summed E-state index contributed by atoms with van der Waals surface area (Å²) in [4.78, 5) is 36.0. The number of ether oxygens (including phenoxy) is 2. The number of aliphatic carboxylic acids is 1. The monoisotopic (exact) mass is 399 g/mol. The molecule has 2 aromatic rings. The number of carbonyl (C=O) groups excluding carboxylic acids is 2. The van der Waals surface area contributed by atoms with Crippen LogP contribution < -0.4 is 10.1 Å². The van der Waals surface area contributed by atoms with Gasteiger partial charge in [0.2, 0.25) is 0 Å². The van der Waals surface area contributed by atoms with Gasteiger partial charge in [0, 0.05) is 16.8 Å². The van der Waals surface area contributed by atoms with Crippen molar-refractivity contribution in [2.24, 2.45) is 0 Å². The van der Waals surface area contributed by atoms with E-state index in [0.717, 1.165) is 0 Å². The Labute approximate surface area is 169 Å². The molecule has 0 aromatic heterocycles. The topological polar surface area (TPSA) is 102 Å². The lowest BCUT2D eigenvalue weighted by molar-refractivity contribution is -0.157. The maximum absolute atomic E-state index is 13.0. The van der Waals surface area contributed by atoms with Gasteiger partial charge in [-0.1, -0.05) is 30.3 Å². The number of esters is 1. The Hall–Kier alpha value is -3.35. The van der Waals surface area contributed by atoms with E-state index in [1.54, 1.807) is 63.2 Å². The summed E-state index contributed by atoms with van der Waals surface area (Å²) in [6.07, 6.45) is 0. The first-order valence-electron chi connectivity index (χ1n) is 9.14. The minimum Gasteiger partial charge on any atom is -0.482 e. The highest BCUT2D eigenvalue weighted by atomic mass is 16.6. The average Bonchev–Trinajstić information content (AvgIpc) is 2.65. The summed E-state index contributed by atoms with van der Waals surface area (Å²) < 4.78 is 10.7. The molecule has 0 unspecified atom stereocenters. The maximum atomic E-state index is 13.0. The normalized spacial score (nSPS) is 12.0. The van der Waals surface area contributed by atoms with E-state index in [1.165, 1.54) is 13.0 Å². The first kappa shape index (κ1) is 21.9. The molecule has 1 atom stereocenters. The molecule has 0 aliphatic carbocycles. The van der Waals surface area contributed by atoms with Crippen molar-refractivity contribution in [2.75, 3.05) is 11.9 Å². The number of carboxylic acid groups (broad SMARTS) is 1. The van der Waals surface area contributed by atoms with Crippen LogP contribution in [0.2, 0.25) is 0 Å². The molecule has 0 heterocycles. The van der Waals surface area contributed by atoms with Gasteiger partial charge in [-0.2, -0.15) is 0 Å². The molecule has 2 N–H and O–H groups in total. The summed E-state index contributed by atoms with van der Waals surface area (Å²) in [6.45, 7) is 6.43. The van der Waals surface area contributed by atoms with Crippen molar-refractivity contribution < 1.29 is 29.0 Å². The largest absolute Gasteiger partial charge is 0.482 e. The zero-order valence-electron chi connectivity index (χ0n) is 16.9. The second-order valence-electron chi connectivity index (χ2n) is 7.48. The van der Waals surface area contributed by atoms with E-state index >= 15 is 0 Å². The molecule has 0 saturated heterocycles. The van der Waals surface area contributed by atoms with Gasteiger partial charge in [0.25, 0.3) is 0 Å².